The highest BCUT2D eigenvalue weighted by Crippen LogP contribution is 2.69. The molecular formula is C34H54O9. The molecule has 0 bridgehead atoms. The van der Waals surface area contributed by atoms with Crippen molar-refractivity contribution in [2.24, 2.45) is 40.4 Å². The zero-order chi connectivity index (χ0) is 31.5. The minimum absolute atomic E-state index is 0.00408. The van der Waals surface area contributed by atoms with Crippen molar-refractivity contribution in [2.45, 2.75) is 142 Å². The number of rotatable bonds is 8. The molecule has 0 unspecified atom stereocenters. The van der Waals surface area contributed by atoms with Gasteiger partial charge in [-0.1, -0.05) is 46.3 Å². The van der Waals surface area contributed by atoms with E-state index in [-0.39, 0.29) is 35.7 Å². The second kappa shape index (κ2) is 12.1. The molecule has 5 aliphatic rings. The minimum atomic E-state index is -1.52. The molecule has 43 heavy (non-hydrogen) atoms. The van der Waals surface area contributed by atoms with Crippen LogP contribution in [0.2, 0.25) is 0 Å². The number of allylic oxidation sites excluding steroid dienone is 1. The Morgan fingerprint density at radius 3 is 2.49 bits per heavy atom. The Kier molecular flexibility index (Phi) is 9.29. The summed E-state index contributed by atoms with van der Waals surface area (Å²) in [4.78, 5) is 25.7. The maximum Gasteiger partial charge on any atom is 0.303 e. The number of ether oxygens (including phenoxy) is 3. The summed E-state index contributed by atoms with van der Waals surface area (Å²) in [5, 5.41) is 44.4. The van der Waals surface area contributed by atoms with Crippen molar-refractivity contribution in [3.05, 3.63) is 11.6 Å². The van der Waals surface area contributed by atoms with E-state index in [9.17, 15) is 30.0 Å². The molecule has 1 aliphatic heterocycles. The van der Waals surface area contributed by atoms with E-state index in [1.807, 2.05) is 6.92 Å². The molecule has 0 aromatic rings. The molecule has 4 N–H and O–H groups in total. The zero-order valence-electron chi connectivity index (χ0n) is 26.8. The topological polar surface area (TPSA) is 143 Å². The van der Waals surface area contributed by atoms with Gasteiger partial charge >= 0.3 is 5.97 Å². The van der Waals surface area contributed by atoms with Crippen molar-refractivity contribution >= 4 is 11.8 Å². The van der Waals surface area contributed by atoms with Crippen molar-refractivity contribution in [3.63, 3.8) is 0 Å². The van der Waals surface area contributed by atoms with Crippen LogP contribution in [0, 0.1) is 40.4 Å². The van der Waals surface area contributed by atoms with Gasteiger partial charge < -0.3 is 34.6 Å². The number of esters is 1. The van der Waals surface area contributed by atoms with Crippen LogP contribution in [0.25, 0.3) is 0 Å². The van der Waals surface area contributed by atoms with Gasteiger partial charge in [0.2, 0.25) is 0 Å². The van der Waals surface area contributed by atoms with Crippen LogP contribution in [0.5, 0.6) is 0 Å². The van der Waals surface area contributed by atoms with Crippen LogP contribution in [0.15, 0.2) is 11.6 Å². The lowest BCUT2D eigenvalue weighted by molar-refractivity contribution is -0.306. The fourth-order valence-corrected chi connectivity index (χ4v) is 9.86. The number of carbonyl (C=O) groups is 2. The van der Waals surface area contributed by atoms with Gasteiger partial charge in [0.15, 0.2) is 12.4 Å². The van der Waals surface area contributed by atoms with Crippen molar-refractivity contribution in [1.29, 1.82) is 0 Å². The lowest BCUT2D eigenvalue weighted by Crippen LogP contribution is -2.63. The Bertz CT molecular complexity index is 1090. The highest BCUT2D eigenvalue weighted by Gasteiger charge is 2.70. The van der Waals surface area contributed by atoms with E-state index in [1.165, 1.54) is 12.5 Å². The first-order valence-corrected chi connectivity index (χ1v) is 16.6. The molecule has 5 rings (SSSR count). The maximum atomic E-state index is 13.7. The predicted molar refractivity (Wildman–Crippen MR) is 158 cm³/mol. The monoisotopic (exact) mass is 606 g/mol. The number of hydrogen-bond donors (Lipinski definition) is 4. The smallest absolute Gasteiger partial charge is 0.303 e. The van der Waals surface area contributed by atoms with Gasteiger partial charge in [0.1, 0.15) is 23.6 Å². The average Bonchev–Trinajstić information content (AvgIpc) is 3.18. The van der Waals surface area contributed by atoms with Gasteiger partial charge in [-0.2, -0.15) is 0 Å². The van der Waals surface area contributed by atoms with Crippen molar-refractivity contribution < 1.29 is 44.2 Å². The van der Waals surface area contributed by atoms with Gasteiger partial charge in [0, 0.05) is 24.7 Å². The standard InChI is InChI=1S/C34H54O9/c1-18(2)7-10-26(37)19(3)34(40)28(43-31-30(42-20(4)35)29(39)27(38)17-41-31)16-25-23-9-8-21-15-22(36)11-13-32(21,5)24(23)12-14-33(25,34)6/h8,18-19,22-25,27-31,36,38-40H,7,9-17H2,1-6H3/t19-,22+,23-,24+,25+,27+,28+,29+,30-,31+,32+,33+,34-/m1/s1. The molecule has 1 saturated heterocycles. The van der Waals surface area contributed by atoms with E-state index >= 15 is 0 Å². The summed E-state index contributed by atoms with van der Waals surface area (Å²) in [5.41, 5.74) is -0.769. The first-order chi connectivity index (χ1) is 20.1. The molecule has 4 fully saturated rings. The van der Waals surface area contributed by atoms with Crippen LogP contribution in [-0.2, 0) is 23.8 Å². The van der Waals surface area contributed by atoms with Crippen LogP contribution in [-0.4, -0.2) is 81.2 Å². The summed E-state index contributed by atoms with van der Waals surface area (Å²) in [6.07, 6.45) is 2.70. The molecule has 0 aromatic carbocycles. The van der Waals surface area contributed by atoms with Gasteiger partial charge in [-0.05, 0) is 80.5 Å². The Morgan fingerprint density at radius 1 is 1.09 bits per heavy atom. The summed E-state index contributed by atoms with van der Waals surface area (Å²) >= 11 is 0. The highest BCUT2D eigenvalue weighted by molar-refractivity contribution is 5.82. The summed E-state index contributed by atoms with van der Waals surface area (Å²) in [6.45, 7) is 11.5. The molecule has 1 heterocycles. The highest BCUT2D eigenvalue weighted by atomic mass is 16.7. The summed E-state index contributed by atoms with van der Waals surface area (Å²) in [6, 6.07) is 0. The fraction of sp³-hybridized carbons (Fsp3) is 0.882. The molecule has 13 atom stereocenters. The van der Waals surface area contributed by atoms with Crippen LogP contribution in [0.1, 0.15) is 99.3 Å². The molecule has 0 spiro atoms. The predicted octanol–water partition coefficient (Wildman–Crippen LogP) is 3.69. The van der Waals surface area contributed by atoms with Crippen LogP contribution < -0.4 is 0 Å². The van der Waals surface area contributed by atoms with Crippen molar-refractivity contribution in [1.82, 2.24) is 0 Å². The molecule has 244 valence electrons. The SMILES string of the molecule is CC(=O)O[C@H]1[C@H](O[C@H]2C[C@H]3[C@@H]4CC=C5C[C@@H](O)CC[C@]5(C)[C@H]4CC[C@]3(C)[C@@]2(O)[C@H](C)C(=O)CCC(C)C)OC[C@H](O)[C@@H]1O. The van der Waals surface area contributed by atoms with Crippen LogP contribution in [0.4, 0.5) is 0 Å². The number of aliphatic hydroxyl groups is 4. The number of Topliss-reactive ketones (excluding diaryl/α,β-unsaturated/α-hetero) is 1. The number of fused-ring (bicyclic) bond motifs is 5. The molecule has 9 heteroatoms. The number of hydrogen-bond acceptors (Lipinski definition) is 9. The van der Waals surface area contributed by atoms with E-state index < -0.39 is 53.6 Å². The minimum Gasteiger partial charge on any atom is -0.454 e. The summed E-state index contributed by atoms with van der Waals surface area (Å²) in [7, 11) is 0. The van der Waals surface area contributed by atoms with Crippen molar-refractivity contribution in [3.8, 4) is 0 Å². The fourth-order valence-electron chi connectivity index (χ4n) is 9.86. The van der Waals surface area contributed by atoms with Gasteiger partial charge in [-0.15, -0.1) is 0 Å². The normalized spacial score (nSPS) is 46.8. The van der Waals surface area contributed by atoms with E-state index in [1.54, 1.807) is 0 Å². The van der Waals surface area contributed by atoms with E-state index in [4.69, 9.17) is 14.2 Å². The van der Waals surface area contributed by atoms with Gasteiger partial charge in [-0.3, -0.25) is 9.59 Å². The molecule has 9 nitrogen and oxygen atoms in total. The maximum absolute atomic E-state index is 13.7. The third-order valence-electron chi connectivity index (χ3n) is 12.5. The van der Waals surface area contributed by atoms with E-state index in [2.05, 4.69) is 33.8 Å². The van der Waals surface area contributed by atoms with Crippen LogP contribution in [0.3, 0.4) is 0 Å². The second-order valence-corrected chi connectivity index (χ2v) is 15.3. The quantitative estimate of drug-likeness (QED) is 0.240. The third kappa shape index (κ3) is 5.54. The molecule has 4 aliphatic carbocycles. The van der Waals surface area contributed by atoms with Crippen molar-refractivity contribution in [2.75, 3.05) is 6.61 Å². The third-order valence-corrected chi connectivity index (χ3v) is 12.5. The molecule has 3 saturated carbocycles. The van der Waals surface area contributed by atoms with E-state index in [0.29, 0.717) is 24.7 Å². The average molecular weight is 607 g/mol. The summed E-state index contributed by atoms with van der Waals surface area (Å²) < 4.78 is 17.7. The number of aliphatic hydroxyl groups excluding tert-OH is 3. The second-order valence-electron chi connectivity index (χ2n) is 15.3. The first-order valence-electron chi connectivity index (χ1n) is 16.6. The van der Waals surface area contributed by atoms with Crippen LogP contribution >= 0.6 is 0 Å². The van der Waals surface area contributed by atoms with E-state index in [0.717, 1.165) is 44.9 Å². The Morgan fingerprint density at radius 2 is 1.81 bits per heavy atom. The largest absolute Gasteiger partial charge is 0.454 e. The molecular weight excluding hydrogens is 552 g/mol. The lowest BCUT2D eigenvalue weighted by atomic mass is 9.46. The van der Waals surface area contributed by atoms with Gasteiger partial charge in [0.05, 0.1) is 18.8 Å². The lowest BCUT2D eigenvalue weighted by Gasteiger charge is -2.59. The number of ketones is 1. The Hall–Kier alpha value is -1.36. The Labute approximate surface area is 256 Å². The van der Waals surface area contributed by atoms with Gasteiger partial charge in [-0.25, -0.2) is 0 Å². The molecule has 0 amide bonds. The Balaban J connectivity index is 1.50. The summed E-state index contributed by atoms with van der Waals surface area (Å²) in [5.74, 6) is -0.239. The number of carbonyl (C=O) groups excluding carboxylic acids is 2. The zero-order valence-corrected chi connectivity index (χ0v) is 26.8. The molecule has 0 radical (unpaired) electrons. The molecule has 0 aromatic heterocycles. The first kappa shape index (κ1) is 33.0. The van der Waals surface area contributed by atoms with Gasteiger partial charge in [0.25, 0.3) is 0 Å².